The minimum absolute atomic E-state index is 0.0543. The maximum absolute atomic E-state index is 14.0. The van der Waals surface area contributed by atoms with Gasteiger partial charge < -0.3 is 4.52 Å². The molecule has 1 amide bonds. The Balaban J connectivity index is 2.10. The third-order valence-electron chi connectivity index (χ3n) is 3.48. The molecule has 0 fully saturated rings. The van der Waals surface area contributed by atoms with Crippen molar-refractivity contribution < 1.29 is 22.9 Å². The van der Waals surface area contributed by atoms with Gasteiger partial charge in [-0.3, -0.25) is 14.5 Å². The lowest BCUT2D eigenvalue weighted by atomic mass is 10.1. The number of hydrogen-bond acceptors (Lipinski definition) is 4. The maximum Gasteiger partial charge on any atom is 0.299 e. The number of halogens is 2. The molecule has 7 heteroatoms. The van der Waals surface area contributed by atoms with Crippen molar-refractivity contribution in [3.8, 4) is 0 Å². The smallest absolute Gasteiger partial charge is 0.299 e. The SMILES string of the molecule is Cc1noc(C)c1CN1C(=O)C(=O)c2cc(F)cc(F)c21. The number of benzene rings is 1. The van der Waals surface area contributed by atoms with Crippen LogP contribution in [-0.4, -0.2) is 16.8 Å². The van der Waals surface area contributed by atoms with Gasteiger partial charge in [0.25, 0.3) is 11.7 Å². The number of anilines is 1. The van der Waals surface area contributed by atoms with Crippen molar-refractivity contribution in [1.29, 1.82) is 0 Å². The normalized spacial score (nSPS) is 14.0. The van der Waals surface area contributed by atoms with Crippen LogP contribution in [0.15, 0.2) is 16.7 Å². The minimum atomic E-state index is -0.948. The topological polar surface area (TPSA) is 63.4 Å². The first kappa shape index (κ1) is 13.4. The molecule has 5 nitrogen and oxygen atoms in total. The minimum Gasteiger partial charge on any atom is -0.361 e. The second-order valence-electron chi connectivity index (χ2n) is 4.81. The lowest BCUT2D eigenvalue weighted by Gasteiger charge is -2.16. The van der Waals surface area contributed by atoms with E-state index in [9.17, 15) is 18.4 Å². The zero-order valence-corrected chi connectivity index (χ0v) is 11.2. The largest absolute Gasteiger partial charge is 0.361 e. The van der Waals surface area contributed by atoms with Gasteiger partial charge in [0.05, 0.1) is 23.5 Å². The Kier molecular flexibility index (Phi) is 2.86. The van der Waals surface area contributed by atoms with Crippen LogP contribution in [0.2, 0.25) is 0 Å². The maximum atomic E-state index is 14.0. The van der Waals surface area contributed by atoms with Crippen LogP contribution in [0, 0.1) is 25.5 Å². The van der Waals surface area contributed by atoms with Crippen molar-refractivity contribution in [1.82, 2.24) is 5.16 Å². The summed E-state index contributed by atoms with van der Waals surface area (Å²) in [6.07, 6.45) is 0. The van der Waals surface area contributed by atoms with E-state index in [-0.39, 0.29) is 17.8 Å². The van der Waals surface area contributed by atoms with Crippen molar-refractivity contribution in [2.45, 2.75) is 20.4 Å². The molecule has 0 radical (unpaired) electrons. The van der Waals surface area contributed by atoms with Crippen LogP contribution in [0.5, 0.6) is 0 Å². The van der Waals surface area contributed by atoms with Crippen molar-refractivity contribution in [3.05, 3.63) is 46.3 Å². The van der Waals surface area contributed by atoms with Crippen LogP contribution < -0.4 is 4.90 Å². The predicted molar refractivity (Wildman–Crippen MR) is 67.9 cm³/mol. The predicted octanol–water partition coefficient (Wildman–Crippen LogP) is 2.30. The zero-order valence-electron chi connectivity index (χ0n) is 11.2. The Morgan fingerprint density at radius 3 is 2.57 bits per heavy atom. The van der Waals surface area contributed by atoms with Gasteiger partial charge in [0.15, 0.2) is 5.82 Å². The fourth-order valence-corrected chi connectivity index (χ4v) is 2.39. The molecular formula is C14H10F2N2O3. The van der Waals surface area contributed by atoms with Gasteiger partial charge in [0.1, 0.15) is 11.6 Å². The van der Waals surface area contributed by atoms with Gasteiger partial charge in [-0.1, -0.05) is 5.16 Å². The van der Waals surface area contributed by atoms with Crippen molar-refractivity contribution >= 4 is 17.4 Å². The second-order valence-corrected chi connectivity index (χ2v) is 4.81. The molecule has 0 atom stereocenters. The van der Waals surface area contributed by atoms with E-state index in [1.165, 1.54) is 0 Å². The van der Waals surface area contributed by atoms with Crippen molar-refractivity contribution in [2.75, 3.05) is 4.90 Å². The Labute approximate surface area is 118 Å². The number of carbonyl (C=O) groups is 2. The highest BCUT2D eigenvalue weighted by Gasteiger charge is 2.39. The van der Waals surface area contributed by atoms with E-state index < -0.39 is 23.3 Å². The van der Waals surface area contributed by atoms with Crippen molar-refractivity contribution in [2.24, 2.45) is 0 Å². The molecule has 1 aromatic heterocycles. The van der Waals surface area contributed by atoms with Gasteiger partial charge in [0.2, 0.25) is 0 Å². The standard InChI is InChI=1S/C14H10F2N2O3/c1-6-10(7(2)21-17-6)5-18-12-9(13(19)14(18)20)3-8(15)4-11(12)16/h3-4H,5H2,1-2H3. The molecule has 21 heavy (non-hydrogen) atoms. The summed E-state index contributed by atoms with van der Waals surface area (Å²) in [5, 5.41) is 3.74. The molecule has 0 saturated heterocycles. The summed E-state index contributed by atoms with van der Waals surface area (Å²) in [7, 11) is 0. The van der Waals surface area contributed by atoms with Crippen LogP contribution in [0.4, 0.5) is 14.5 Å². The fourth-order valence-electron chi connectivity index (χ4n) is 2.39. The highest BCUT2D eigenvalue weighted by molar-refractivity contribution is 6.52. The number of nitrogens with zero attached hydrogens (tertiary/aromatic N) is 2. The number of aromatic nitrogens is 1. The van der Waals surface area contributed by atoms with Gasteiger partial charge in [0, 0.05) is 11.6 Å². The van der Waals surface area contributed by atoms with E-state index >= 15 is 0 Å². The van der Waals surface area contributed by atoms with Gasteiger partial charge in [-0.05, 0) is 19.9 Å². The summed E-state index contributed by atoms with van der Waals surface area (Å²) in [4.78, 5) is 24.8. The highest BCUT2D eigenvalue weighted by atomic mass is 19.1. The molecular weight excluding hydrogens is 282 g/mol. The summed E-state index contributed by atoms with van der Waals surface area (Å²) >= 11 is 0. The number of fused-ring (bicyclic) bond motifs is 1. The van der Waals surface area contributed by atoms with Gasteiger partial charge in [-0.2, -0.15) is 0 Å². The van der Waals surface area contributed by atoms with Gasteiger partial charge >= 0.3 is 0 Å². The Hall–Kier alpha value is -2.57. The van der Waals surface area contributed by atoms with Crippen LogP contribution in [-0.2, 0) is 11.3 Å². The Bertz CT molecular complexity index is 763. The number of Topliss-reactive ketones (excluding diaryl/α,β-unsaturated/α-hetero) is 1. The average molecular weight is 292 g/mol. The number of carbonyl (C=O) groups excluding carboxylic acids is 2. The van der Waals surface area contributed by atoms with E-state index in [2.05, 4.69) is 5.16 Å². The average Bonchev–Trinajstić information content (AvgIpc) is 2.85. The van der Waals surface area contributed by atoms with Crippen LogP contribution in [0.3, 0.4) is 0 Å². The molecule has 0 N–H and O–H groups in total. The summed E-state index contributed by atoms with van der Waals surface area (Å²) in [5.74, 6) is -3.18. The van der Waals surface area contributed by atoms with Crippen LogP contribution in [0.1, 0.15) is 27.4 Å². The third-order valence-corrected chi connectivity index (χ3v) is 3.48. The molecule has 0 bridgehead atoms. The lowest BCUT2D eigenvalue weighted by Crippen LogP contribution is -2.30. The summed E-state index contributed by atoms with van der Waals surface area (Å²) in [5.41, 5.74) is 0.673. The third kappa shape index (κ3) is 1.93. The number of hydrogen-bond donors (Lipinski definition) is 0. The van der Waals surface area contributed by atoms with E-state index in [0.29, 0.717) is 23.1 Å². The second kappa shape index (κ2) is 4.47. The molecule has 0 aliphatic carbocycles. The lowest BCUT2D eigenvalue weighted by molar-refractivity contribution is -0.114. The molecule has 1 aliphatic heterocycles. The quantitative estimate of drug-likeness (QED) is 0.797. The molecule has 3 rings (SSSR count). The molecule has 2 heterocycles. The number of rotatable bonds is 2. The fraction of sp³-hybridized carbons (Fsp3) is 0.214. The summed E-state index contributed by atoms with van der Waals surface area (Å²) in [6, 6.07) is 1.51. The first-order valence-corrected chi connectivity index (χ1v) is 6.17. The molecule has 1 aromatic carbocycles. The monoisotopic (exact) mass is 292 g/mol. The van der Waals surface area contributed by atoms with E-state index in [4.69, 9.17) is 4.52 Å². The highest BCUT2D eigenvalue weighted by Crippen LogP contribution is 2.34. The van der Waals surface area contributed by atoms with Crippen molar-refractivity contribution in [3.63, 3.8) is 0 Å². The number of aryl methyl sites for hydroxylation is 2. The molecule has 0 unspecified atom stereocenters. The van der Waals surface area contributed by atoms with E-state index in [1.54, 1.807) is 13.8 Å². The summed E-state index contributed by atoms with van der Waals surface area (Å²) < 4.78 is 32.1. The van der Waals surface area contributed by atoms with Gasteiger partial charge in [-0.15, -0.1) is 0 Å². The van der Waals surface area contributed by atoms with Gasteiger partial charge in [-0.25, -0.2) is 8.78 Å². The van der Waals surface area contributed by atoms with Crippen LogP contribution in [0.25, 0.3) is 0 Å². The zero-order chi connectivity index (χ0) is 15.3. The van der Waals surface area contributed by atoms with E-state index in [0.717, 1.165) is 11.0 Å². The molecule has 0 spiro atoms. The Morgan fingerprint density at radius 1 is 1.24 bits per heavy atom. The van der Waals surface area contributed by atoms with E-state index in [1.807, 2.05) is 0 Å². The number of amides is 1. The summed E-state index contributed by atoms with van der Waals surface area (Å²) in [6.45, 7) is 3.27. The molecule has 0 saturated carbocycles. The first-order chi connectivity index (χ1) is 9.90. The number of ketones is 1. The van der Waals surface area contributed by atoms with Crippen LogP contribution >= 0.6 is 0 Å². The molecule has 108 valence electrons. The Morgan fingerprint density at radius 2 is 1.95 bits per heavy atom. The first-order valence-electron chi connectivity index (χ1n) is 6.17. The molecule has 1 aliphatic rings. The molecule has 2 aromatic rings.